The summed E-state index contributed by atoms with van der Waals surface area (Å²) in [6, 6.07) is 8.21. The molecular formula is C13H18ClNO. The highest BCUT2D eigenvalue weighted by molar-refractivity contribution is 5.89. The van der Waals surface area contributed by atoms with Crippen molar-refractivity contribution in [3.05, 3.63) is 35.4 Å². The van der Waals surface area contributed by atoms with Crippen LogP contribution >= 0.6 is 12.4 Å². The van der Waals surface area contributed by atoms with Crippen LogP contribution in [0.3, 0.4) is 0 Å². The fourth-order valence-corrected chi connectivity index (χ4v) is 2.09. The SMILES string of the molecule is Cc1ccc(C2(C)NCCCC2=O)cc1.Cl. The Balaban J connectivity index is 0.00000128. The van der Waals surface area contributed by atoms with Crippen LogP contribution in [-0.2, 0) is 10.3 Å². The molecule has 0 aliphatic carbocycles. The van der Waals surface area contributed by atoms with Gasteiger partial charge in [-0.1, -0.05) is 29.8 Å². The number of carbonyl (C=O) groups excluding carboxylic acids is 1. The van der Waals surface area contributed by atoms with E-state index < -0.39 is 5.54 Å². The maximum atomic E-state index is 11.9. The summed E-state index contributed by atoms with van der Waals surface area (Å²) in [5.74, 6) is 0.303. The molecule has 2 nitrogen and oxygen atoms in total. The number of hydrogen-bond acceptors (Lipinski definition) is 2. The van der Waals surface area contributed by atoms with Crippen molar-refractivity contribution in [2.45, 2.75) is 32.2 Å². The van der Waals surface area contributed by atoms with E-state index in [0.29, 0.717) is 12.2 Å². The van der Waals surface area contributed by atoms with Crippen LogP contribution in [-0.4, -0.2) is 12.3 Å². The third-order valence-corrected chi connectivity index (χ3v) is 3.25. The lowest BCUT2D eigenvalue weighted by Gasteiger charge is -2.33. The second-order valence-electron chi connectivity index (χ2n) is 4.44. The van der Waals surface area contributed by atoms with Gasteiger partial charge in [-0.2, -0.15) is 0 Å². The van der Waals surface area contributed by atoms with Crippen molar-refractivity contribution in [1.29, 1.82) is 0 Å². The fraction of sp³-hybridized carbons (Fsp3) is 0.462. The van der Waals surface area contributed by atoms with Crippen molar-refractivity contribution >= 4 is 18.2 Å². The minimum absolute atomic E-state index is 0. The monoisotopic (exact) mass is 239 g/mol. The third-order valence-electron chi connectivity index (χ3n) is 3.25. The summed E-state index contributed by atoms with van der Waals surface area (Å²) in [7, 11) is 0. The molecule has 0 aromatic heterocycles. The number of rotatable bonds is 1. The Morgan fingerprint density at radius 2 is 1.88 bits per heavy atom. The quantitative estimate of drug-likeness (QED) is 0.816. The van der Waals surface area contributed by atoms with Crippen LogP contribution in [0.25, 0.3) is 0 Å². The molecule has 1 atom stereocenters. The van der Waals surface area contributed by atoms with Gasteiger partial charge in [0.15, 0.2) is 5.78 Å². The first-order valence-corrected chi connectivity index (χ1v) is 5.48. The number of aryl methyl sites for hydroxylation is 1. The molecule has 1 heterocycles. The van der Waals surface area contributed by atoms with E-state index in [4.69, 9.17) is 0 Å². The first kappa shape index (κ1) is 13.2. The van der Waals surface area contributed by atoms with E-state index in [9.17, 15) is 4.79 Å². The lowest BCUT2D eigenvalue weighted by Crippen LogP contribution is -2.50. The number of halogens is 1. The summed E-state index contributed by atoms with van der Waals surface area (Å²) in [6.45, 7) is 4.97. The zero-order valence-electron chi connectivity index (χ0n) is 9.75. The number of hydrogen-bond donors (Lipinski definition) is 1. The smallest absolute Gasteiger partial charge is 0.157 e. The number of ketones is 1. The van der Waals surface area contributed by atoms with Crippen molar-refractivity contribution in [1.82, 2.24) is 5.32 Å². The summed E-state index contributed by atoms with van der Waals surface area (Å²) in [5.41, 5.74) is 1.84. The van der Waals surface area contributed by atoms with Gasteiger partial charge in [0, 0.05) is 6.42 Å². The Morgan fingerprint density at radius 1 is 1.25 bits per heavy atom. The lowest BCUT2D eigenvalue weighted by atomic mass is 9.82. The van der Waals surface area contributed by atoms with E-state index in [1.165, 1.54) is 5.56 Å². The minimum Gasteiger partial charge on any atom is -0.301 e. The first-order chi connectivity index (χ1) is 7.13. The summed E-state index contributed by atoms with van der Waals surface area (Å²) >= 11 is 0. The van der Waals surface area contributed by atoms with Crippen LogP contribution < -0.4 is 5.32 Å². The number of piperidine rings is 1. The van der Waals surface area contributed by atoms with Crippen molar-refractivity contribution < 1.29 is 4.79 Å². The van der Waals surface area contributed by atoms with Crippen LogP contribution in [0.15, 0.2) is 24.3 Å². The van der Waals surface area contributed by atoms with Gasteiger partial charge in [-0.15, -0.1) is 12.4 Å². The average Bonchev–Trinajstić information content (AvgIpc) is 2.23. The van der Waals surface area contributed by atoms with Gasteiger partial charge in [0.25, 0.3) is 0 Å². The van der Waals surface area contributed by atoms with Crippen LogP contribution in [0.2, 0.25) is 0 Å². The molecule has 3 heteroatoms. The highest BCUT2D eigenvalue weighted by Crippen LogP contribution is 2.26. The molecule has 0 bridgehead atoms. The number of benzene rings is 1. The van der Waals surface area contributed by atoms with Gasteiger partial charge in [0.2, 0.25) is 0 Å². The zero-order chi connectivity index (χ0) is 10.9. The van der Waals surface area contributed by atoms with Gasteiger partial charge in [-0.25, -0.2) is 0 Å². The molecule has 0 saturated carbocycles. The molecule has 16 heavy (non-hydrogen) atoms. The molecule has 0 amide bonds. The molecule has 1 N–H and O–H groups in total. The molecule has 2 rings (SSSR count). The predicted octanol–water partition coefficient (Wildman–Crippen LogP) is 2.58. The largest absolute Gasteiger partial charge is 0.301 e. The Kier molecular flexibility index (Phi) is 4.11. The van der Waals surface area contributed by atoms with Crippen molar-refractivity contribution in [3.8, 4) is 0 Å². The lowest BCUT2D eigenvalue weighted by molar-refractivity contribution is -0.126. The van der Waals surface area contributed by atoms with Crippen molar-refractivity contribution in [3.63, 3.8) is 0 Å². The summed E-state index contributed by atoms with van der Waals surface area (Å²) in [4.78, 5) is 11.9. The van der Waals surface area contributed by atoms with Crippen molar-refractivity contribution in [2.24, 2.45) is 0 Å². The minimum atomic E-state index is -0.466. The summed E-state index contributed by atoms with van der Waals surface area (Å²) in [5, 5.41) is 3.33. The third kappa shape index (κ3) is 2.28. The molecule has 1 aromatic carbocycles. The van der Waals surface area contributed by atoms with Crippen molar-refractivity contribution in [2.75, 3.05) is 6.54 Å². The van der Waals surface area contributed by atoms with Gasteiger partial charge >= 0.3 is 0 Å². The highest BCUT2D eigenvalue weighted by atomic mass is 35.5. The molecule has 1 aliphatic heterocycles. The molecule has 1 aliphatic rings. The van der Waals surface area contributed by atoms with E-state index in [0.717, 1.165) is 18.5 Å². The molecule has 1 fully saturated rings. The standard InChI is InChI=1S/C13H17NO.ClH/c1-10-5-7-11(8-6-10)13(2)12(15)4-3-9-14-13;/h5-8,14H,3-4,9H2,1-2H3;1H. The molecular weight excluding hydrogens is 222 g/mol. The maximum Gasteiger partial charge on any atom is 0.157 e. The Bertz CT molecular complexity index is 374. The number of Topliss-reactive ketones (excluding diaryl/α,β-unsaturated/α-hetero) is 1. The molecule has 1 saturated heterocycles. The van der Waals surface area contributed by atoms with Crippen LogP contribution in [0, 0.1) is 6.92 Å². The summed E-state index contributed by atoms with van der Waals surface area (Å²) in [6.07, 6.45) is 1.65. The number of carbonyl (C=O) groups is 1. The second-order valence-corrected chi connectivity index (χ2v) is 4.44. The Morgan fingerprint density at radius 3 is 2.44 bits per heavy atom. The van der Waals surface area contributed by atoms with E-state index >= 15 is 0 Å². The van der Waals surface area contributed by atoms with Crippen LogP contribution in [0.4, 0.5) is 0 Å². The van der Waals surface area contributed by atoms with Gasteiger partial charge < -0.3 is 5.32 Å². The van der Waals surface area contributed by atoms with Gasteiger partial charge in [-0.3, -0.25) is 4.79 Å². The van der Waals surface area contributed by atoms with Gasteiger partial charge in [-0.05, 0) is 32.4 Å². The fourth-order valence-electron chi connectivity index (χ4n) is 2.09. The molecule has 0 spiro atoms. The van der Waals surface area contributed by atoms with E-state index in [-0.39, 0.29) is 12.4 Å². The van der Waals surface area contributed by atoms with E-state index in [1.54, 1.807) is 0 Å². The van der Waals surface area contributed by atoms with Gasteiger partial charge in [0.1, 0.15) is 5.54 Å². The average molecular weight is 240 g/mol. The maximum absolute atomic E-state index is 11.9. The molecule has 1 unspecified atom stereocenters. The zero-order valence-corrected chi connectivity index (χ0v) is 10.6. The topological polar surface area (TPSA) is 29.1 Å². The second kappa shape index (κ2) is 4.98. The Labute approximate surface area is 103 Å². The predicted molar refractivity (Wildman–Crippen MR) is 68.0 cm³/mol. The molecule has 88 valence electrons. The normalized spacial score (nSPS) is 25.0. The van der Waals surface area contributed by atoms with Gasteiger partial charge in [0.05, 0.1) is 0 Å². The molecule has 0 radical (unpaired) electrons. The number of nitrogens with one attached hydrogen (secondary N) is 1. The van der Waals surface area contributed by atoms with E-state index in [1.807, 2.05) is 19.1 Å². The first-order valence-electron chi connectivity index (χ1n) is 5.48. The van der Waals surface area contributed by atoms with Crippen LogP contribution in [0.5, 0.6) is 0 Å². The molecule has 1 aromatic rings. The Hall–Kier alpha value is -0.860. The van der Waals surface area contributed by atoms with Crippen LogP contribution in [0.1, 0.15) is 30.9 Å². The highest BCUT2D eigenvalue weighted by Gasteiger charge is 2.36. The summed E-state index contributed by atoms with van der Waals surface area (Å²) < 4.78 is 0. The van der Waals surface area contributed by atoms with E-state index in [2.05, 4.69) is 24.4 Å².